The third-order valence-corrected chi connectivity index (χ3v) is 3.52. The number of rotatable bonds is 3. The summed E-state index contributed by atoms with van der Waals surface area (Å²) >= 11 is 0. The van der Waals surface area contributed by atoms with Crippen molar-refractivity contribution in [1.82, 2.24) is 0 Å². The van der Waals surface area contributed by atoms with Gasteiger partial charge in [0.25, 0.3) is 0 Å². The van der Waals surface area contributed by atoms with Crippen molar-refractivity contribution in [2.45, 2.75) is 39.2 Å². The van der Waals surface area contributed by atoms with Crippen molar-refractivity contribution < 1.29 is 0 Å². The van der Waals surface area contributed by atoms with Gasteiger partial charge in [0.2, 0.25) is 0 Å². The van der Waals surface area contributed by atoms with Crippen LogP contribution in [0.3, 0.4) is 0 Å². The summed E-state index contributed by atoms with van der Waals surface area (Å²) in [4.78, 5) is 2.50. The van der Waals surface area contributed by atoms with Crippen LogP contribution in [0.1, 0.15) is 32.3 Å². The molecular formula is C15H25ClN2. The van der Waals surface area contributed by atoms with Crippen LogP contribution >= 0.6 is 12.4 Å². The summed E-state index contributed by atoms with van der Waals surface area (Å²) in [5, 5.41) is 0. The van der Waals surface area contributed by atoms with Gasteiger partial charge < -0.3 is 10.6 Å². The highest BCUT2D eigenvalue weighted by Gasteiger charge is 2.16. The first-order chi connectivity index (χ1) is 8.15. The Labute approximate surface area is 117 Å². The number of hydrogen-bond donors (Lipinski definition) is 1. The van der Waals surface area contributed by atoms with Crippen LogP contribution in [-0.2, 0) is 6.42 Å². The van der Waals surface area contributed by atoms with Gasteiger partial charge in [0.15, 0.2) is 0 Å². The van der Waals surface area contributed by atoms with E-state index in [4.69, 9.17) is 5.73 Å². The van der Waals surface area contributed by atoms with E-state index in [1.807, 2.05) is 0 Å². The van der Waals surface area contributed by atoms with Crippen LogP contribution in [0, 0.1) is 5.92 Å². The van der Waals surface area contributed by atoms with Gasteiger partial charge in [-0.15, -0.1) is 12.4 Å². The summed E-state index contributed by atoms with van der Waals surface area (Å²) in [5.74, 6) is 0.826. The SMILES string of the molecule is CC(N)Cc1ccc(N2CCCC(C)C2)cc1.Cl. The maximum Gasteiger partial charge on any atom is 0.0366 e. The van der Waals surface area contributed by atoms with Crippen molar-refractivity contribution in [1.29, 1.82) is 0 Å². The van der Waals surface area contributed by atoms with Crippen molar-refractivity contribution in [2.75, 3.05) is 18.0 Å². The lowest BCUT2D eigenvalue weighted by atomic mass is 9.99. The Morgan fingerprint density at radius 1 is 1.33 bits per heavy atom. The van der Waals surface area contributed by atoms with Crippen molar-refractivity contribution >= 4 is 18.1 Å². The number of anilines is 1. The molecule has 0 spiro atoms. The monoisotopic (exact) mass is 268 g/mol. The second-order valence-electron chi connectivity index (χ2n) is 5.54. The van der Waals surface area contributed by atoms with E-state index < -0.39 is 0 Å². The van der Waals surface area contributed by atoms with Crippen molar-refractivity contribution in [3.8, 4) is 0 Å². The summed E-state index contributed by atoms with van der Waals surface area (Å²) in [6.07, 6.45) is 3.67. The van der Waals surface area contributed by atoms with E-state index >= 15 is 0 Å². The van der Waals surface area contributed by atoms with Crippen LogP contribution < -0.4 is 10.6 Å². The topological polar surface area (TPSA) is 29.3 Å². The maximum atomic E-state index is 5.81. The molecule has 1 aliphatic heterocycles. The Morgan fingerprint density at radius 2 is 2.00 bits per heavy atom. The number of hydrogen-bond acceptors (Lipinski definition) is 2. The first-order valence-electron chi connectivity index (χ1n) is 6.74. The molecule has 2 N–H and O–H groups in total. The highest BCUT2D eigenvalue weighted by atomic mass is 35.5. The summed E-state index contributed by atoms with van der Waals surface area (Å²) < 4.78 is 0. The van der Waals surface area contributed by atoms with Gasteiger partial charge in [-0.25, -0.2) is 0 Å². The normalized spacial score (nSPS) is 21.3. The average molecular weight is 269 g/mol. The van der Waals surface area contributed by atoms with E-state index in [2.05, 4.69) is 43.0 Å². The Morgan fingerprint density at radius 3 is 2.56 bits per heavy atom. The fraction of sp³-hybridized carbons (Fsp3) is 0.600. The van der Waals surface area contributed by atoms with Gasteiger partial charge in [0.1, 0.15) is 0 Å². The van der Waals surface area contributed by atoms with Gasteiger partial charge >= 0.3 is 0 Å². The molecule has 2 rings (SSSR count). The van der Waals surface area contributed by atoms with Crippen LogP contribution in [0.15, 0.2) is 24.3 Å². The van der Waals surface area contributed by atoms with Gasteiger partial charge in [-0.1, -0.05) is 19.1 Å². The van der Waals surface area contributed by atoms with Crippen molar-refractivity contribution in [3.63, 3.8) is 0 Å². The molecule has 1 fully saturated rings. The molecule has 0 amide bonds. The Hall–Kier alpha value is -0.730. The van der Waals surface area contributed by atoms with E-state index in [9.17, 15) is 0 Å². The molecule has 1 aliphatic rings. The summed E-state index contributed by atoms with van der Waals surface area (Å²) in [6.45, 7) is 6.81. The molecule has 1 aromatic carbocycles. The smallest absolute Gasteiger partial charge is 0.0366 e. The number of piperidine rings is 1. The zero-order valence-electron chi connectivity index (χ0n) is 11.4. The highest BCUT2D eigenvalue weighted by molar-refractivity contribution is 5.85. The number of nitrogens with zero attached hydrogens (tertiary/aromatic N) is 1. The fourth-order valence-electron chi connectivity index (χ4n) is 2.64. The number of halogens is 1. The minimum Gasteiger partial charge on any atom is -0.371 e. The number of nitrogens with two attached hydrogens (primary N) is 1. The van der Waals surface area contributed by atoms with Gasteiger partial charge in [-0.2, -0.15) is 0 Å². The lowest BCUT2D eigenvalue weighted by Gasteiger charge is -2.32. The van der Waals surface area contributed by atoms with Gasteiger partial charge in [-0.05, 0) is 49.8 Å². The molecule has 0 bridgehead atoms. The molecule has 2 atom stereocenters. The molecule has 3 heteroatoms. The summed E-state index contributed by atoms with van der Waals surface area (Å²) in [7, 11) is 0. The quantitative estimate of drug-likeness (QED) is 0.912. The van der Waals surface area contributed by atoms with Crippen LogP contribution in [-0.4, -0.2) is 19.1 Å². The van der Waals surface area contributed by atoms with Crippen LogP contribution in [0.25, 0.3) is 0 Å². The van der Waals surface area contributed by atoms with Crippen molar-refractivity contribution in [3.05, 3.63) is 29.8 Å². The largest absolute Gasteiger partial charge is 0.371 e. The number of benzene rings is 1. The zero-order chi connectivity index (χ0) is 12.3. The molecule has 18 heavy (non-hydrogen) atoms. The predicted octanol–water partition coefficient (Wildman–Crippen LogP) is 3.23. The predicted molar refractivity (Wildman–Crippen MR) is 81.7 cm³/mol. The minimum atomic E-state index is 0. The van der Waals surface area contributed by atoms with Gasteiger partial charge in [0.05, 0.1) is 0 Å². The van der Waals surface area contributed by atoms with E-state index in [1.165, 1.54) is 37.2 Å². The van der Waals surface area contributed by atoms with E-state index in [1.54, 1.807) is 0 Å². The molecule has 1 saturated heterocycles. The summed E-state index contributed by atoms with van der Waals surface area (Å²) in [6, 6.07) is 9.18. The molecular weight excluding hydrogens is 244 g/mol. The Balaban J connectivity index is 0.00000162. The standard InChI is InChI=1S/C15H24N2.ClH/c1-12-4-3-9-17(11-12)15-7-5-14(6-8-15)10-13(2)16;/h5-8,12-13H,3-4,9-11,16H2,1-2H3;1H. The molecule has 1 aromatic rings. The second kappa shape index (κ2) is 7.01. The second-order valence-corrected chi connectivity index (χ2v) is 5.54. The lowest BCUT2D eigenvalue weighted by Crippen LogP contribution is -2.34. The maximum absolute atomic E-state index is 5.81. The van der Waals surface area contributed by atoms with Gasteiger partial charge in [0, 0.05) is 24.8 Å². The van der Waals surface area contributed by atoms with E-state index in [0.717, 1.165) is 12.3 Å². The molecule has 2 unspecified atom stereocenters. The Kier molecular flexibility index (Phi) is 5.97. The third-order valence-electron chi connectivity index (χ3n) is 3.52. The van der Waals surface area contributed by atoms with E-state index in [0.29, 0.717) is 0 Å². The zero-order valence-corrected chi connectivity index (χ0v) is 12.2. The molecule has 102 valence electrons. The van der Waals surface area contributed by atoms with Gasteiger partial charge in [-0.3, -0.25) is 0 Å². The molecule has 0 saturated carbocycles. The van der Waals surface area contributed by atoms with E-state index in [-0.39, 0.29) is 18.4 Å². The summed E-state index contributed by atoms with van der Waals surface area (Å²) in [5.41, 5.74) is 8.52. The average Bonchev–Trinajstić information content (AvgIpc) is 2.29. The third kappa shape index (κ3) is 4.18. The lowest BCUT2D eigenvalue weighted by molar-refractivity contribution is 0.447. The molecule has 0 aliphatic carbocycles. The molecule has 1 heterocycles. The Bertz CT molecular complexity index is 348. The highest BCUT2D eigenvalue weighted by Crippen LogP contribution is 2.23. The van der Waals surface area contributed by atoms with Crippen LogP contribution in [0.5, 0.6) is 0 Å². The first-order valence-corrected chi connectivity index (χ1v) is 6.74. The van der Waals surface area contributed by atoms with Crippen LogP contribution in [0.4, 0.5) is 5.69 Å². The first kappa shape index (κ1) is 15.3. The molecule has 0 aromatic heterocycles. The fourth-order valence-corrected chi connectivity index (χ4v) is 2.64. The minimum absolute atomic E-state index is 0. The molecule has 0 radical (unpaired) electrons. The molecule has 2 nitrogen and oxygen atoms in total. The van der Waals surface area contributed by atoms with Crippen molar-refractivity contribution in [2.24, 2.45) is 11.7 Å². The van der Waals surface area contributed by atoms with Crippen LogP contribution in [0.2, 0.25) is 0 Å².